The molecule has 1 aromatic rings. The molecular weight excluding hydrogens is 233 g/mol. The van der Waals surface area contributed by atoms with Crippen LogP contribution in [0.25, 0.3) is 0 Å². The first-order chi connectivity index (χ1) is 8.61. The molecule has 1 atom stereocenters. The molecule has 0 saturated carbocycles. The van der Waals surface area contributed by atoms with Crippen LogP contribution in [0, 0.1) is 17.1 Å². The van der Waals surface area contributed by atoms with E-state index in [1.807, 2.05) is 6.07 Å². The molecule has 0 spiro atoms. The lowest BCUT2D eigenvalue weighted by Crippen LogP contribution is -2.53. The van der Waals surface area contributed by atoms with Gasteiger partial charge < -0.3 is 10.2 Å². The second kappa shape index (κ2) is 5.15. The molecule has 5 heteroatoms. The molecule has 1 amide bonds. The fourth-order valence-corrected chi connectivity index (χ4v) is 2.00. The van der Waals surface area contributed by atoms with Crippen molar-refractivity contribution in [2.75, 3.05) is 13.1 Å². The summed E-state index contributed by atoms with van der Waals surface area (Å²) >= 11 is 0. The van der Waals surface area contributed by atoms with Crippen molar-refractivity contribution in [3.05, 3.63) is 35.1 Å². The Hall–Kier alpha value is -1.93. The molecule has 0 aliphatic carbocycles. The average Bonchev–Trinajstić information content (AvgIpc) is 2.37. The molecule has 2 rings (SSSR count). The molecule has 0 aromatic heterocycles. The summed E-state index contributed by atoms with van der Waals surface area (Å²) < 4.78 is 13.7. The molecule has 18 heavy (non-hydrogen) atoms. The maximum absolute atomic E-state index is 13.7. The van der Waals surface area contributed by atoms with Gasteiger partial charge in [0, 0.05) is 25.2 Å². The topological polar surface area (TPSA) is 56.1 Å². The van der Waals surface area contributed by atoms with E-state index in [9.17, 15) is 9.18 Å². The van der Waals surface area contributed by atoms with E-state index in [0.717, 1.165) is 0 Å². The van der Waals surface area contributed by atoms with Gasteiger partial charge in [-0.2, -0.15) is 5.26 Å². The zero-order valence-corrected chi connectivity index (χ0v) is 10.1. The summed E-state index contributed by atoms with van der Waals surface area (Å²) in [5.74, 6) is -0.460. The Bertz CT molecular complexity index is 509. The zero-order valence-electron chi connectivity index (χ0n) is 10.1. The molecule has 1 heterocycles. The minimum atomic E-state index is -0.437. The van der Waals surface area contributed by atoms with Crippen molar-refractivity contribution in [3.63, 3.8) is 0 Å². The first-order valence-corrected chi connectivity index (χ1v) is 5.82. The molecule has 1 aliphatic heterocycles. The lowest BCUT2D eigenvalue weighted by atomic mass is 10.1. The molecule has 1 aromatic carbocycles. The molecule has 0 bridgehead atoms. The van der Waals surface area contributed by atoms with E-state index in [1.165, 1.54) is 6.07 Å². The molecule has 1 fully saturated rings. The molecule has 0 radical (unpaired) electrons. The monoisotopic (exact) mass is 247 g/mol. The van der Waals surface area contributed by atoms with Crippen molar-refractivity contribution in [2.45, 2.75) is 19.5 Å². The number of nitriles is 1. The first-order valence-electron chi connectivity index (χ1n) is 5.82. The fourth-order valence-electron chi connectivity index (χ4n) is 2.00. The summed E-state index contributed by atoms with van der Waals surface area (Å²) in [5.41, 5.74) is 0.729. The Kier molecular flexibility index (Phi) is 3.58. The second-order valence-corrected chi connectivity index (χ2v) is 4.35. The molecule has 1 saturated heterocycles. The Morgan fingerprint density at radius 1 is 1.61 bits per heavy atom. The number of carbonyl (C=O) groups excluding carboxylic acids is 1. The standard InChI is InChI=1S/C13H14FN3O/c1-9-13(18)17(5-4-16-9)8-11-3-2-10(7-15)6-12(11)14/h2-3,6,9,16H,4-5,8H2,1H3. The summed E-state index contributed by atoms with van der Waals surface area (Å²) in [5, 5.41) is 11.7. The van der Waals surface area contributed by atoms with Gasteiger partial charge in [0.05, 0.1) is 17.7 Å². The van der Waals surface area contributed by atoms with Crippen molar-refractivity contribution in [3.8, 4) is 6.07 Å². The number of hydrogen-bond acceptors (Lipinski definition) is 3. The third kappa shape index (κ3) is 2.49. The van der Waals surface area contributed by atoms with Gasteiger partial charge in [0.15, 0.2) is 0 Å². The number of halogens is 1. The molecular formula is C13H14FN3O. The Morgan fingerprint density at radius 3 is 3.06 bits per heavy atom. The zero-order chi connectivity index (χ0) is 13.1. The SMILES string of the molecule is CC1NCCN(Cc2ccc(C#N)cc2F)C1=O. The minimum Gasteiger partial charge on any atom is -0.336 e. The molecule has 1 N–H and O–H groups in total. The maximum atomic E-state index is 13.7. The summed E-state index contributed by atoms with van der Waals surface area (Å²) in [4.78, 5) is 13.5. The number of nitrogens with one attached hydrogen (secondary N) is 1. The highest BCUT2D eigenvalue weighted by atomic mass is 19.1. The number of benzene rings is 1. The molecule has 94 valence electrons. The van der Waals surface area contributed by atoms with E-state index in [2.05, 4.69) is 5.32 Å². The van der Waals surface area contributed by atoms with Gasteiger partial charge in [0.25, 0.3) is 0 Å². The maximum Gasteiger partial charge on any atom is 0.239 e. The normalized spacial score (nSPS) is 19.7. The van der Waals surface area contributed by atoms with E-state index in [1.54, 1.807) is 24.0 Å². The summed E-state index contributed by atoms with van der Waals surface area (Å²) in [7, 11) is 0. The summed E-state index contributed by atoms with van der Waals surface area (Å²) in [6.07, 6.45) is 0. The largest absolute Gasteiger partial charge is 0.336 e. The summed E-state index contributed by atoms with van der Waals surface area (Å²) in [6, 6.07) is 5.99. The van der Waals surface area contributed by atoms with E-state index in [4.69, 9.17) is 5.26 Å². The lowest BCUT2D eigenvalue weighted by Gasteiger charge is -2.31. The van der Waals surface area contributed by atoms with Crippen LogP contribution >= 0.6 is 0 Å². The van der Waals surface area contributed by atoms with Crippen LogP contribution < -0.4 is 5.32 Å². The predicted molar refractivity (Wildman–Crippen MR) is 64.0 cm³/mol. The van der Waals surface area contributed by atoms with Crippen molar-refractivity contribution in [2.24, 2.45) is 0 Å². The van der Waals surface area contributed by atoms with E-state index in [0.29, 0.717) is 18.7 Å². The van der Waals surface area contributed by atoms with E-state index in [-0.39, 0.29) is 24.1 Å². The smallest absolute Gasteiger partial charge is 0.239 e. The van der Waals surface area contributed by atoms with Crippen LogP contribution in [0.2, 0.25) is 0 Å². The van der Waals surface area contributed by atoms with Crippen LogP contribution in [-0.4, -0.2) is 29.9 Å². The van der Waals surface area contributed by atoms with Gasteiger partial charge >= 0.3 is 0 Å². The number of amides is 1. The Morgan fingerprint density at radius 2 is 2.39 bits per heavy atom. The van der Waals surface area contributed by atoms with Crippen LogP contribution in [0.15, 0.2) is 18.2 Å². The number of piperazine rings is 1. The van der Waals surface area contributed by atoms with Gasteiger partial charge in [-0.15, -0.1) is 0 Å². The number of rotatable bonds is 2. The van der Waals surface area contributed by atoms with Crippen LogP contribution in [0.4, 0.5) is 4.39 Å². The third-order valence-electron chi connectivity index (χ3n) is 3.06. The lowest BCUT2D eigenvalue weighted by molar-refractivity contribution is -0.135. The highest BCUT2D eigenvalue weighted by Gasteiger charge is 2.25. The van der Waals surface area contributed by atoms with E-state index >= 15 is 0 Å². The van der Waals surface area contributed by atoms with Crippen molar-refractivity contribution in [1.82, 2.24) is 10.2 Å². The Balaban J connectivity index is 2.14. The van der Waals surface area contributed by atoms with Crippen LogP contribution in [0.1, 0.15) is 18.1 Å². The predicted octanol–water partition coefficient (Wildman–Crippen LogP) is 1.02. The van der Waals surface area contributed by atoms with E-state index < -0.39 is 5.82 Å². The minimum absolute atomic E-state index is 0.0231. The number of hydrogen-bond donors (Lipinski definition) is 1. The Labute approximate surface area is 105 Å². The quantitative estimate of drug-likeness (QED) is 0.848. The van der Waals surface area contributed by atoms with Gasteiger partial charge in [0.1, 0.15) is 5.82 Å². The highest BCUT2D eigenvalue weighted by Crippen LogP contribution is 2.14. The first kappa shape index (κ1) is 12.5. The fraction of sp³-hybridized carbons (Fsp3) is 0.385. The number of carbonyl (C=O) groups is 1. The van der Waals surface area contributed by atoms with Gasteiger partial charge in [-0.25, -0.2) is 4.39 Å². The summed E-state index contributed by atoms with van der Waals surface area (Å²) in [6.45, 7) is 3.33. The van der Waals surface area contributed by atoms with Gasteiger partial charge in [-0.3, -0.25) is 4.79 Å². The van der Waals surface area contributed by atoms with Crippen molar-refractivity contribution in [1.29, 1.82) is 5.26 Å². The van der Waals surface area contributed by atoms with Crippen LogP contribution in [0.5, 0.6) is 0 Å². The van der Waals surface area contributed by atoms with Crippen molar-refractivity contribution >= 4 is 5.91 Å². The third-order valence-corrected chi connectivity index (χ3v) is 3.06. The molecule has 1 unspecified atom stereocenters. The number of nitrogens with zero attached hydrogens (tertiary/aromatic N) is 2. The van der Waals surface area contributed by atoms with Gasteiger partial charge in [-0.1, -0.05) is 6.07 Å². The van der Waals surface area contributed by atoms with Gasteiger partial charge in [-0.05, 0) is 19.1 Å². The molecule has 4 nitrogen and oxygen atoms in total. The average molecular weight is 247 g/mol. The molecule has 1 aliphatic rings. The van der Waals surface area contributed by atoms with Crippen LogP contribution in [0.3, 0.4) is 0 Å². The van der Waals surface area contributed by atoms with Gasteiger partial charge in [0.2, 0.25) is 5.91 Å². The second-order valence-electron chi connectivity index (χ2n) is 4.35. The van der Waals surface area contributed by atoms with Crippen molar-refractivity contribution < 1.29 is 9.18 Å². The highest BCUT2D eigenvalue weighted by molar-refractivity contribution is 5.82. The van der Waals surface area contributed by atoms with Crippen LogP contribution in [-0.2, 0) is 11.3 Å².